The fourth-order valence-corrected chi connectivity index (χ4v) is 8.65. The molecule has 0 spiro atoms. The second-order valence-electron chi connectivity index (χ2n) is 10.3. The largest absolute Gasteiger partial charge is 1.00 e. The summed E-state index contributed by atoms with van der Waals surface area (Å²) < 4.78 is 37.8. The third-order valence-electron chi connectivity index (χ3n) is 9.36. The van der Waals surface area contributed by atoms with E-state index in [-0.39, 0.29) is 46.3 Å². The van der Waals surface area contributed by atoms with Gasteiger partial charge in [0.05, 0.1) is 6.10 Å². The summed E-state index contributed by atoms with van der Waals surface area (Å²) in [5, 5.41) is 0. The van der Waals surface area contributed by atoms with Gasteiger partial charge in [-0.15, -0.1) is 0 Å². The van der Waals surface area contributed by atoms with Crippen LogP contribution < -0.4 is 29.6 Å². The summed E-state index contributed by atoms with van der Waals surface area (Å²) in [5.74, 6) is 3.04. The molecule has 0 aromatic carbocycles. The molecule has 28 heavy (non-hydrogen) atoms. The van der Waals surface area contributed by atoms with Crippen LogP contribution in [0.25, 0.3) is 0 Å². The van der Waals surface area contributed by atoms with Crippen LogP contribution in [0.3, 0.4) is 0 Å². The number of carbonyl (C=O) groups excluding carboxylic acids is 1. The SMILES string of the molecule is CC(=O)C1CCC2C3CCC4CC(OS(=O)(=O)[O-])CCC4(C)C3CCC12C.[Na+]. The zero-order valence-electron chi connectivity index (χ0n) is 17.8. The van der Waals surface area contributed by atoms with Crippen LogP contribution >= 0.6 is 0 Å². The van der Waals surface area contributed by atoms with Crippen molar-refractivity contribution in [3.05, 3.63) is 0 Å². The maximum atomic E-state index is 12.2. The molecule has 4 rings (SSSR count). The Morgan fingerprint density at radius 3 is 2.25 bits per heavy atom. The molecule has 0 radical (unpaired) electrons. The van der Waals surface area contributed by atoms with E-state index >= 15 is 0 Å². The maximum Gasteiger partial charge on any atom is 1.00 e. The van der Waals surface area contributed by atoms with Gasteiger partial charge >= 0.3 is 29.6 Å². The van der Waals surface area contributed by atoms with Crippen LogP contribution in [0.5, 0.6) is 0 Å². The molecule has 0 aromatic rings. The van der Waals surface area contributed by atoms with Crippen LogP contribution in [0.2, 0.25) is 0 Å². The van der Waals surface area contributed by atoms with E-state index in [0.29, 0.717) is 42.3 Å². The third kappa shape index (κ3) is 3.80. The van der Waals surface area contributed by atoms with Gasteiger partial charge < -0.3 is 4.55 Å². The Kier molecular flexibility index (Phi) is 6.55. The molecular formula is C21H33NaO5S. The van der Waals surface area contributed by atoms with Crippen LogP contribution in [0.15, 0.2) is 0 Å². The molecular weight excluding hydrogens is 387 g/mol. The van der Waals surface area contributed by atoms with Gasteiger partial charge in [-0.2, -0.15) is 0 Å². The molecule has 0 saturated heterocycles. The number of carbonyl (C=O) groups is 1. The minimum atomic E-state index is -4.62. The summed E-state index contributed by atoms with van der Waals surface area (Å²) in [6, 6.07) is 0. The minimum Gasteiger partial charge on any atom is -0.726 e. The van der Waals surface area contributed by atoms with Gasteiger partial charge in [0.1, 0.15) is 5.78 Å². The summed E-state index contributed by atoms with van der Waals surface area (Å²) in [6.45, 7) is 6.54. The van der Waals surface area contributed by atoms with E-state index in [9.17, 15) is 17.8 Å². The number of rotatable bonds is 3. The monoisotopic (exact) mass is 420 g/mol. The molecule has 4 fully saturated rings. The zero-order chi connectivity index (χ0) is 19.6. The van der Waals surface area contributed by atoms with Crippen LogP contribution in [-0.2, 0) is 19.4 Å². The average molecular weight is 421 g/mol. The molecule has 154 valence electrons. The molecule has 0 N–H and O–H groups in total. The molecule has 0 aromatic heterocycles. The van der Waals surface area contributed by atoms with Gasteiger partial charge in [0, 0.05) is 5.92 Å². The standard InChI is InChI=1S/C21H34O5S.Na/c1-13(22)17-6-7-18-16-5-4-14-12-15(26-27(23,24)25)8-10-20(14,2)19(16)9-11-21(17,18)3;/h14-19H,4-12H2,1-3H3,(H,23,24,25);/q;+1/p-1. The van der Waals surface area contributed by atoms with Crippen molar-refractivity contribution in [3.63, 3.8) is 0 Å². The molecule has 8 unspecified atom stereocenters. The predicted molar refractivity (Wildman–Crippen MR) is 100 cm³/mol. The van der Waals surface area contributed by atoms with E-state index in [2.05, 4.69) is 13.8 Å². The van der Waals surface area contributed by atoms with E-state index in [1.54, 1.807) is 6.92 Å². The van der Waals surface area contributed by atoms with Gasteiger partial charge in [-0.25, -0.2) is 8.42 Å². The van der Waals surface area contributed by atoms with Gasteiger partial charge in [-0.05, 0) is 99.2 Å². The van der Waals surface area contributed by atoms with Gasteiger partial charge in [0.2, 0.25) is 10.4 Å². The van der Waals surface area contributed by atoms with Crippen molar-refractivity contribution in [2.75, 3.05) is 0 Å². The topological polar surface area (TPSA) is 83.5 Å². The number of fused-ring (bicyclic) bond motifs is 5. The van der Waals surface area contributed by atoms with Crippen LogP contribution in [0.1, 0.15) is 78.6 Å². The van der Waals surface area contributed by atoms with Crippen molar-refractivity contribution in [1.29, 1.82) is 0 Å². The normalized spacial score (nSPS) is 48.0. The summed E-state index contributed by atoms with van der Waals surface area (Å²) in [7, 11) is -4.62. The molecule has 8 atom stereocenters. The predicted octanol–water partition coefficient (Wildman–Crippen LogP) is 1.08. The van der Waals surface area contributed by atoms with Crippen molar-refractivity contribution < 1.29 is 51.5 Å². The summed E-state index contributed by atoms with van der Waals surface area (Å²) in [4.78, 5) is 12.2. The van der Waals surface area contributed by atoms with E-state index in [0.717, 1.165) is 25.7 Å². The minimum absolute atomic E-state index is 0. The number of Topliss-reactive ketones (excluding diaryl/α,β-unsaturated/α-hetero) is 1. The van der Waals surface area contributed by atoms with Crippen LogP contribution in [-0.4, -0.2) is 24.9 Å². The molecule has 0 heterocycles. The smallest absolute Gasteiger partial charge is 0.726 e. The van der Waals surface area contributed by atoms with Gasteiger partial charge in [0.25, 0.3) is 0 Å². The molecule has 5 nitrogen and oxygen atoms in total. The quantitative estimate of drug-likeness (QED) is 0.388. The van der Waals surface area contributed by atoms with E-state index in [4.69, 9.17) is 4.18 Å². The Bertz CT molecular complexity index is 724. The van der Waals surface area contributed by atoms with Crippen molar-refractivity contribution in [2.24, 2.45) is 40.4 Å². The first-order valence-corrected chi connectivity index (χ1v) is 12.0. The Balaban J connectivity index is 0.00000225. The first-order chi connectivity index (χ1) is 12.5. The molecule has 4 saturated carbocycles. The Hall–Kier alpha value is 0.540. The van der Waals surface area contributed by atoms with E-state index in [1.807, 2.05) is 0 Å². The van der Waals surface area contributed by atoms with Crippen molar-refractivity contribution >= 4 is 16.2 Å². The average Bonchev–Trinajstić information content (AvgIpc) is 2.91. The second-order valence-corrected chi connectivity index (χ2v) is 11.4. The Morgan fingerprint density at radius 2 is 1.61 bits per heavy atom. The van der Waals surface area contributed by atoms with Crippen molar-refractivity contribution in [3.8, 4) is 0 Å². The fourth-order valence-electron chi connectivity index (χ4n) is 8.14. The van der Waals surface area contributed by atoms with Crippen molar-refractivity contribution in [2.45, 2.75) is 84.7 Å². The summed E-state index contributed by atoms with van der Waals surface area (Å²) in [6.07, 6.45) is 8.68. The molecule has 0 amide bonds. The third-order valence-corrected chi connectivity index (χ3v) is 9.87. The van der Waals surface area contributed by atoms with Gasteiger partial charge in [-0.3, -0.25) is 8.98 Å². The number of hydrogen-bond donors (Lipinski definition) is 0. The van der Waals surface area contributed by atoms with Gasteiger partial charge in [0.15, 0.2) is 0 Å². The fraction of sp³-hybridized carbons (Fsp3) is 0.952. The molecule has 0 bridgehead atoms. The number of hydrogen-bond acceptors (Lipinski definition) is 5. The first-order valence-electron chi connectivity index (χ1n) is 10.7. The Labute approximate surface area is 192 Å². The van der Waals surface area contributed by atoms with Crippen LogP contribution in [0.4, 0.5) is 0 Å². The molecule has 7 heteroatoms. The van der Waals surface area contributed by atoms with E-state index < -0.39 is 16.5 Å². The maximum absolute atomic E-state index is 12.2. The van der Waals surface area contributed by atoms with Crippen molar-refractivity contribution in [1.82, 2.24) is 0 Å². The first kappa shape index (κ1) is 23.2. The molecule has 4 aliphatic carbocycles. The van der Waals surface area contributed by atoms with E-state index in [1.165, 1.54) is 19.3 Å². The molecule has 4 aliphatic rings. The van der Waals surface area contributed by atoms with Crippen LogP contribution in [0, 0.1) is 40.4 Å². The Morgan fingerprint density at radius 1 is 0.964 bits per heavy atom. The zero-order valence-corrected chi connectivity index (χ0v) is 20.6. The molecule has 0 aliphatic heterocycles. The summed E-state index contributed by atoms with van der Waals surface area (Å²) in [5.41, 5.74) is 0.387. The summed E-state index contributed by atoms with van der Waals surface area (Å²) >= 11 is 0. The number of ketones is 1. The van der Waals surface area contributed by atoms with Gasteiger partial charge in [-0.1, -0.05) is 13.8 Å². The second kappa shape index (κ2) is 7.90.